The molecule has 61 heavy (non-hydrogen) atoms. The second kappa shape index (κ2) is 46.7. The Kier molecular flexibility index (Phi) is 45.7. The molecule has 3 atom stereocenters. The van der Waals surface area contributed by atoms with Gasteiger partial charge in [-0.2, -0.15) is 0 Å². The summed E-state index contributed by atoms with van der Waals surface area (Å²) >= 11 is 0. The first kappa shape index (κ1) is 59.7. The minimum atomic E-state index is -4.62. The first-order valence-corrected chi connectivity index (χ1v) is 27.1. The molecule has 0 aliphatic carbocycles. The second-order valence-electron chi connectivity index (χ2n) is 17.6. The smallest absolute Gasteiger partial charge is 0.462 e. The maximum atomic E-state index is 12.7. The van der Waals surface area contributed by atoms with Crippen LogP contribution in [0.4, 0.5) is 0 Å². The van der Waals surface area contributed by atoms with Crippen LogP contribution in [0.1, 0.15) is 258 Å². The predicted molar refractivity (Wildman–Crippen MR) is 252 cm³/mol. The Morgan fingerprint density at radius 3 is 1.18 bits per heavy atom. The van der Waals surface area contributed by atoms with E-state index in [1.165, 1.54) is 186 Å². The molecular weight excluding hydrogens is 792 g/mol. The summed E-state index contributed by atoms with van der Waals surface area (Å²) in [7, 11) is -4.62. The van der Waals surface area contributed by atoms with Crippen molar-refractivity contribution in [3.05, 3.63) is 12.2 Å². The van der Waals surface area contributed by atoms with E-state index >= 15 is 0 Å². The molecule has 3 N–H and O–H groups in total. The Labute approximate surface area is 375 Å². The molecule has 0 aromatic rings. The highest BCUT2D eigenvalue weighted by molar-refractivity contribution is 7.47. The minimum Gasteiger partial charge on any atom is -0.462 e. The summed E-state index contributed by atoms with van der Waals surface area (Å²) < 4.78 is 32.9. The van der Waals surface area contributed by atoms with Gasteiger partial charge in [0, 0.05) is 12.8 Å². The number of phosphoric ester groups is 1. The van der Waals surface area contributed by atoms with Crippen molar-refractivity contribution in [3.63, 3.8) is 0 Å². The van der Waals surface area contributed by atoms with E-state index in [2.05, 4.69) is 26.0 Å². The third-order valence-corrected chi connectivity index (χ3v) is 12.4. The van der Waals surface area contributed by atoms with Crippen LogP contribution in [-0.2, 0) is 32.7 Å². The first-order valence-electron chi connectivity index (χ1n) is 25.6. The second-order valence-corrected chi connectivity index (χ2v) is 19.0. The summed E-state index contributed by atoms with van der Waals surface area (Å²) in [6.45, 7) is 2.43. The van der Waals surface area contributed by atoms with Crippen LogP contribution in [0.25, 0.3) is 0 Å². The van der Waals surface area contributed by atoms with Crippen LogP contribution < -0.4 is 0 Å². The van der Waals surface area contributed by atoms with Gasteiger partial charge in [0.1, 0.15) is 12.7 Å². The number of phosphoric acid groups is 1. The SMILES string of the molecule is CCCCCCCC/C=C\CCCCCCCCCCCC(=O)OC(COC(=O)CCCCCCCCCCCCCCCCCCCCC)COP(=O)(O)OCC(O)CO. The fraction of sp³-hybridized carbons (Fsp3) is 0.920. The van der Waals surface area contributed by atoms with E-state index < -0.39 is 51.8 Å². The molecule has 0 saturated heterocycles. The summed E-state index contributed by atoms with van der Waals surface area (Å²) in [6.07, 6.45) is 47.5. The Bertz CT molecular complexity index is 1020. The molecule has 0 saturated carbocycles. The molecular formula is C50H97O10P. The van der Waals surface area contributed by atoms with Crippen LogP contribution in [0.3, 0.4) is 0 Å². The number of esters is 2. The van der Waals surface area contributed by atoms with E-state index in [1.807, 2.05) is 0 Å². The number of hydrogen-bond acceptors (Lipinski definition) is 9. The van der Waals surface area contributed by atoms with E-state index in [0.717, 1.165) is 32.1 Å². The van der Waals surface area contributed by atoms with Gasteiger partial charge < -0.3 is 24.6 Å². The molecule has 3 unspecified atom stereocenters. The van der Waals surface area contributed by atoms with Crippen molar-refractivity contribution in [2.24, 2.45) is 0 Å². The Hall–Kier alpha value is -1.29. The minimum absolute atomic E-state index is 0.187. The zero-order valence-electron chi connectivity index (χ0n) is 39.7. The van der Waals surface area contributed by atoms with Crippen LogP contribution in [0.15, 0.2) is 12.2 Å². The largest absolute Gasteiger partial charge is 0.472 e. The third-order valence-electron chi connectivity index (χ3n) is 11.4. The number of carbonyl (C=O) groups is 2. The normalized spacial score (nSPS) is 13.7. The number of ether oxygens (including phenoxy) is 2. The van der Waals surface area contributed by atoms with E-state index in [1.54, 1.807) is 0 Å². The lowest BCUT2D eigenvalue weighted by Crippen LogP contribution is -2.29. The zero-order chi connectivity index (χ0) is 44.8. The average Bonchev–Trinajstić information content (AvgIpc) is 3.25. The van der Waals surface area contributed by atoms with Gasteiger partial charge in [0.2, 0.25) is 0 Å². The van der Waals surface area contributed by atoms with E-state index in [-0.39, 0.29) is 19.4 Å². The van der Waals surface area contributed by atoms with Gasteiger partial charge in [-0.1, -0.05) is 219 Å². The molecule has 10 nitrogen and oxygen atoms in total. The maximum absolute atomic E-state index is 12.7. The molecule has 0 radical (unpaired) electrons. The molecule has 0 fully saturated rings. The van der Waals surface area contributed by atoms with Gasteiger partial charge in [-0.25, -0.2) is 4.57 Å². The number of aliphatic hydroxyl groups is 2. The molecule has 0 aliphatic rings. The molecule has 362 valence electrons. The van der Waals surface area contributed by atoms with Crippen LogP contribution in [0, 0.1) is 0 Å². The van der Waals surface area contributed by atoms with Crippen LogP contribution in [0.5, 0.6) is 0 Å². The summed E-state index contributed by atoms with van der Waals surface area (Å²) in [5, 5.41) is 18.4. The zero-order valence-corrected chi connectivity index (χ0v) is 40.5. The number of carbonyl (C=O) groups excluding carboxylic acids is 2. The van der Waals surface area contributed by atoms with Crippen molar-refractivity contribution in [1.82, 2.24) is 0 Å². The van der Waals surface area contributed by atoms with Crippen molar-refractivity contribution in [2.45, 2.75) is 270 Å². The van der Waals surface area contributed by atoms with E-state index in [0.29, 0.717) is 12.8 Å². The van der Waals surface area contributed by atoms with Gasteiger partial charge in [0.25, 0.3) is 0 Å². The van der Waals surface area contributed by atoms with E-state index in [4.69, 9.17) is 23.6 Å². The van der Waals surface area contributed by atoms with Crippen molar-refractivity contribution in [3.8, 4) is 0 Å². The van der Waals surface area contributed by atoms with Crippen molar-refractivity contribution in [2.75, 3.05) is 26.4 Å². The molecule has 0 spiro atoms. The lowest BCUT2D eigenvalue weighted by Gasteiger charge is -2.20. The number of rotatable bonds is 49. The molecule has 0 bridgehead atoms. The maximum Gasteiger partial charge on any atom is 0.472 e. The number of aliphatic hydroxyl groups excluding tert-OH is 2. The van der Waals surface area contributed by atoms with Crippen LogP contribution in [0.2, 0.25) is 0 Å². The van der Waals surface area contributed by atoms with Gasteiger partial charge in [-0.15, -0.1) is 0 Å². The highest BCUT2D eigenvalue weighted by Crippen LogP contribution is 2.43. The topological polar surface area (TPSA) is 149 Å². The van der Waals surface area contributed by atoms with Crippen molar-refractivity contribution < 1.29 is 47.8 Å². The lowest BCUT2D eigenvalue weighted by molar-refractivity contribution is -0.161. The van der Waals surface area contributed by atoms with Gasteiger partial charge in [-0.05, 0) is 38.5 Å². The van der Waals surface area contributed by atoms with Crippen LogP contribution >= 0.6 is 7.82 Å². The quantitative estimate of drug-likeness (QED) is 0.0233. The Morgan fingerprint density at radius 2 is 0.803 bits per heavy atom. The van der Waals surface area contributed by atoms with Gasteiger partial charge >= 0.3 is 19.8 Å². The summed E-state index contributed by atoms with van der Waals surface area (Å²) in [5.74, 6) is -0.910. The molecule has 0 amide bonds. The van der Waals surface area contributed by atoms with Crippen molar-refractivity contribution in [1.29, 1.82) is 0 Å². The van der Waals surface area contributed by atoms with Crippen LogP contribution in [-0.4, -0.2) is 65.7 Å². The summed E-state index contributed by atoms with van der Waals surface area (Å²) in [5.41, 5.74) is 0. The summed E-state index contributed by atoms with van der Waals surface area (Å²) in [4.78, 5) is 35.2. The number of allylic oxidation sites excluding steroid dienone is 2. The monoisotopic (exact) mass is 889 g/mol. The molecule has 0 heterocycles. The highest BCUT2D eigenvalue weighted by atomic mass is 31.2. The Morgan fingerprint density at radius 1 is 0.475 bits per heavy atom. The lowest BCUT2D eigenvalue weighted by atomic mass is 10.0. The fourth-order valence-electron chi connectivity index (χ4n) is 7.46. The van der Waals surface area contributed by atoms with Gasteiger partial charge in [-0.3, -0.25) is 18.6 Å². The molecule has 11 heteroatoms. The first-order chi connectivity index (χ1) is 29.7. The predicted octanol–water partition coefficient (Wildman–Crippen LogP) is 14.3. The Balaban J connectivity index is 4.15. The van der Waals surface area contributed by atoms with Gasteiger partial charge in [0.15, 0.2) is 6.10 Å². The molecule has 0 rings (SSSR count). The molecule has 0 aromatic heterocycles. The highest BCUT2D eigenvalue weighted by Gasteiger charge is 2.27. The third kappa shape index (κ3) is 46.5. The standard InChI is InChI=1S/C50H97O10P/c1-3-5-7-9-11-13-15-17-19-21-23-25-27-29-31-33-35-37-39-41-49(53)57-45-48(46-59-61(55,56)58-44-47(52)43-51)60-50(54)42-40-38-36-34-32-30-28-26-24-22-20-18-16-14-12-10-8-6-4-2/h18,20,47-48,51-52H,3-17,19,21-46H2,1-2H3,(H,55,56)/b20-18-. The number of unbranched alkanes of at least 4 members (excludes halogenated alkanes) is 33. The van der Waals surface area contributed by atoms with E-state index in [9.17, 15) is 24.2 Å². The summed E-state index contributed by atoms with van der Waals surface area (Å²) in [6, 6.07) is 0. The molecule has 0 aromatic carbocycles. The van der Waals surface area contributed by atoms with Gasteiger partial charge in [0.05, 0.1) is 19.8 Å². The van der Waals surface area contributed by atoms with Crippen molar-refractivity contribution >= 4 is 19.8 Å². The number of hydrogen-bond donors (Lipinski definition) is 3. The average molecular weight is 889 g/mol. The fourth-order valence-corrected chi connectivity index (χ4v) is 8.25. The molecule has 0 aliphatic heterocycles.